The molecule has 0 fully saturated rings. The second kappa shape index (κ2) is 20.7. The third-order valence-electron chi connectivity index (χ3n) is 11.8. The van der Waals surface area contributed by atoms with Crippen LogP contribution in [0.4, 0.5) is 0 Å². The molecule has 2 aliphatic carbocycles. The Bertz CT molecular complexity index is 2330. The van der Waals surface area contributed by atoms with Crippen molar-refractivity contribution in [2.24, 2.45) is 11.8 Å². The predicted octanol–water partition coefficient (Wildman–Crippen LogP) is 14.5. The van der Waals surface area contributed by atoms with Gasteiger partial charge in [-0.2, -0.15) is 11.8 Å². The average Bonchev–Trinajstić information content (AvgIpc) is 3.72. The second-order valence-electron chi connectivity index (χ2n) is 15.2. The van der Waals surface area contributed by atoms with E-state index >= 15 is 0 Å². The number of thioether (sulfide) groups is 1. The molecule has 2 aliphatic rings. The maximum atomic E-state index is 4.77. The molecule has 0 spiro atoms. The van der Waals surface area contributed by atoms with Crippen LogP contribution in [0.25, 0.3) is 33.4 Å². The van der Waals surface area contributed by atoms with Gasteiger partial charge in [0.1, 0.15) is 0 Å². The van der Waals surface area contributed by atoms with E-state index in [0.717, 1.165) is 11.5 Å². The fraction of sp³-hybridized carbons (Fsp3) is 0.200. The molecule has 6 aromatic rings. The van der Waals surface area contributed by atoms with Crippen LogP contribution >= 0.6 is 11.8 Å². The molecular formula is C55H55O3STi. The fourth-order valence-electron chi connectivity index (χ4n) is 9.23. The molecule has 8 rings (SSSR count). The molecule has 2 unspecified atom stereocenters. The molecule has 2 atom stereocenters. The third kappa shape index (κ3) is 9.26. The van der Waals surface area contributed by atoms with E-state index in [2.05, 4.69) is 198 Å². The monoisotopic (exact) mass is 843 g/mol. The van der Waals surface area contributed by atoms with Crippen molar-refractivity contribution in [2.75, 3.05) is 21.3 Å². The molecule has 0 N–H and O–H groups in total. The molecular weight excluding hydrogens is 789 g/mol. The topological polar surface area (TPSA) is 27.7 Å². The Morgan fingerprint density at radius 2 is 0.700 bits per heavy atom. The van der Waals surface area contributed by atoms with E-state index in [4.69, 9.17) is 9.96 Å². The summed E-state index contributed by atoms with van der Waals surface area (Å²) in [5.74, 6) is 2.46. The summed E-state index contributed by atoms with van der Waals surface area (Å²) < 4.78 is 14.3. The van der Waals surface area contributed by atoms with E-state index in [1.54, 1.807) is 21.3 Å². The molecule has 303 valence electrons. The normalized spacial score (nSPS) is 16.4. The predicted molar refractivity (Wildman–Crippen MR) is 252 cm³/mol. The summed E-state index contributed by atoms with van der Waals surface area (Å²) in [6.45, 7) is 9.48. The van der Waals surface area contributed by atoms with E-state index in [0.29, 0.717) is 0 Å². The van der Waals surface area contributed by atoms with Gasteiger partial charge in [-0.25, -0.2) is 0 Å². The van der Waals surface area contributed by atoms with Crippen LogP contribution in [0.3, 0.4) is 0 Å². The fourth-order valence-corrected chi connectivity index (χ4v) is 11.1. The van der Waals surface area contributed by atoms with Crippen molar-refractivity contribution in [3.05, 3.63) is 226 Å². The zero-order valence-corrected chi connectivity index (χ0v) is 38.2. The minimum atomic E-state index is -1.90. The number of allylic oxidation sites excluding steroid dienone is 8. The molecule has 0 heterocycles. The van der Waals surface area contributed by atoms with Crippen molar-refractivity contribution < 1.29 is 29.0 Å². The number of rotatable bonds is 13. The molecule has 6 aromatic carbocycles. The van der Waals surface area contributed by atoms with Gasteiger partial charge >= 0.3 is 50.3 Å². The molecule has 0 bridgehead atoms. The summed E-state index contributed by atoms with van der Waals surface area (Å²) >= 11 is 0.124. The van der Waals surface area contributed by atoms with Crippen molar-refractivity contribution in [3.63, 3.8) is 0 Å². The van der Waals surface area contributed by atoms with Crippen LogP contribution in [-0.2, 0) is 40.5 Å². The van der Waals surface area contributed by atoms with Crippen LogP contribution in [0.15, 0.2) is 181 Å². The SMILES string of the molecule is CC1=C(c2ccccc2CSCc2ccccc2C2=C(C)C(c3ccccc3)=C(c3ccccc3)C2C)C(C)C(c2ccccc2)=C1c1ccccc1.C[O][Ti]([O]C)[O]C. The summed E-state index contributed by atoms with van der Waals surface area (Å²) in [5, 5.41) is 0. The molecule has 0 saturated heterocycles. The summed E-state index contributed by atoms with van der Waals surface area (Å²) in [6.07, 6.45) is 0. The van der Waals surface area contributed by atoms with Gasteiger partial charge in [0.25, 0.3) is 0 Å². The van der Waals surface area contributed by atoms with Crippen LogP contribution in [0.2, 0.25) is 0 Å². The van der Waals surface area contributed by atoms with Gasteiger partial charge in [-0.15, -0.1) is 0 Å². The Labute approximate surface area is 369 Å². The van der Waals surface area contributed by atoms with E-state index in [9.17, 15) is 0 Å². The standard InChI is InChI=1S/C52H46S.3CH3O.Ti/c1-35-47(36(2)50(40-23-11-6-12-24-40)49(35)39-21-9-5-10-22-39)45-31-19-17-29-43(45)33-53-34-44-30-18-20-32-46(44)48-37(3)51(41-25-13-7-14-26-41)52(38(48)4)42-27-15-8-16-28-42;3*1-2;/h5-32,35,37H,33-34H2,1-4H3;3*1H3;/q;3*-1;+3. The maximum absolute atomic E-state index is 4.77. The van der Waals surface area contributed by atoms with Crippen molar-refractivity contribution in [1.82, 2.24) is 0 Å². The Kier molecular flexibility index (Phi) is 14.9. The van der Waals surface area contributed by atoms with E-state index < -0.39 is 19.0 Å². The molecule has 3 nitrogen and oxygen atoms in total. The van der Waals surface area contributed by atoms with Gasteiger partial charge < -0.3 is 0 Å². The van der Waals surface area contributed by atoms with E-state index in [-0.39, 0.29) is 11.8 Å². The van der Waals surface area contributed by atoms with Gasteiger partial charge in [0.05, 0.1) is 0 Å². The van der Waals surface area contributed by atoms with Crippen LogP contribution in [0, 0.1) is 11.8 Å². The Morgan fingerprint density at radius 3 is 1.02 bits per heavy atom. The van der Waals surface area contributed by atoms with Gasteiger partial charge in [-0.3, -0.25) is 0 Å². The first-order valence-electron chi connectivity index (χ1n) is 20.7. The van der Waals surface area contributed by atoms with Crippen molar-refractivity contribution >= 4 is 45.2 Å². The zero-order chi connectivity index (χ0) is 42.0. The molecule has 0 radical (unpaired) electrons. The first-order valence-corrected chi connectivity index (χ1v) is 23.8. The number of benzene rings is 6. The Balaban J connectivity index is 0.000000716. The van der Waals surface area contributed by atoms with E-state index in [1.165, 1.54) is 89.1 Å². The van der Waals surface area contributed by atoms with Gasteiger partial charge in [0, 0.05) is 23.3 Å². The molecule has 0 saturated carbocycles. The summed E-state index contributed by atoms with van der Waals surface area (Å²) in [6, 6.07) is 62.1. The van der Waals surface area contributed by atoms with Crippen molar-refractivity contribution in [2.45, 2.75) is 39.2 Å². The number of hydrogen-bond donors (Lipinski definition) is 0. The summed E-state index contributed by atoms with van der Waals surface area (Å²) in [4.78, 5) is 0. The molecule has 0 aromatic heterocycles. The van der Waals surface area contributed by atoms with E-state index in [1.807, 2.05) is 11.8 Å². The van der Waals surface area contributed by atoms with Gasteiger partial charge in [-0.1, -0.05) is 184 Å². The third-order valence-corrected chi connectivity index (χ3v) is 14.3. The van der Waals surface area contributed by atoms with Crippen LogP contribution in [0.1, 0.15) is 72.2 Å². The molecule has 0 aliphatic heterocycles. The Hall–Kier alpha value is -4.78. The van der Waals surface area contributed by atoms with Crippen LogP contribution < -0.4 is 0 Å². The van der Waals surface area contributed by atoms with Crippen LogP contribution in [0.5, 0.6) is 0 Å². The van der Waals surface area contributed by atoms with Gasteiger partial charge in [0.15, 0.2) is 0 Å². The Morgan fingerprint density at radius 1 is 0.400 bits per heavy atom. The van der Waals surface area contributed by atoms with Gasteiger partial charge in [-0.05, 0) is 103 Å². The average molecular weight is 844 g/mol. The zero-order valence-electron chi connectivity index (χ0n) is 35.9. The first-order chi connectivity index (χ1) is 29.4. The molecule has 5 heteroatoms. The summed E-state index contributed by atoms with van der Waals surface area (Å²) in [7, 11) is 4.76. The second-order valence-corrected chi connectivity index (χ2v) is 18.9. The minimum absolute atomic E-state index is 0.281. The molecule has 60 heavy (non-hydrogen) atoms. The van der Waals surface area contributed by atoms with Crippen LogP contribution in [-0.4, -0.2) is 21.3 Å². The summed E-state index contributed by atoms with van der Waals surface area (Å²) in [5.41, 5.74) is 22.1. The quantitative estimate of drug-likeness (QED) is 0.108. The first kappa shape index (κ1) is 43.3. The van der Waals surface area contributed by atoms with Crippen molar-refractivity contribution in [1.29, 1.82) is 0 Å². The number of hydrogen-bond acceptors (Lipinski definition) is 4. The van der Waals surface area contributed by atoms with Crippen molar-refractivity contribution in [3.8, 4) is 0 Å². The van der Waals surface area contributed by atoms with Gasteiger partial charge in [0.2, 0.25) is 0 Å². The molecule has 0 amide bonds.